The molecule has 1 unspecified atom stereocenters. The average molecular weight is 371 g/mol. The fourth-order valence-electron chi connectivity index (χ4n) is 3.37. The number of carbonyl (C=O) groups excluding carboxylic acids is 1. The molecule has 1 atom stereocenters. The zero-order valence-corrected chi connectivity index (χ0v) is 15.9. The van der Waals surface area contributed by atoms with Crippen molar-refractivity contribution in [1.29, 1.82) is 0 Å². The molecule has 9 nitrogen and oxygen atoms in total. The molecule has 0 radical (unpaired) electrons. The molecule has 2 aromatic heterocycles. The number of nitrogens with two attached hydrogens (primary N) is 1. The predicted octanol–water partition coefficient (Wildman–Crippen LogP) is -0.0455. The van der Waals surface area contributed by atoms with Gasteiger partial charge in [-0.2, -0.15) is 5.10 Å². The normalized spacial score (nSPS) is 16.6. The van der Waals surface area contributed by atoms with Crippen molar-refractivity contribution in [3.63, 3.8) is 0 Å². The summed E-state index contributed by atoms with van der Waals surface area (Å²) >= 11 is 0. The molecule has 0 saturated carbocycles. The first-order valence-electron chi connectivity index (χ1n) is 8.98. The van der Waals surface area contributed by atoms with Gasteiger partial charge in [-0.25, -0.2) is 14.6 Å². The molecule has 144 valence electrons. The molecule has 1 aliphatic heterocycles. The Labute approximate surface area is 157 Å². The second-order valence-electron chi connectivity index (χ2n) is 6.99. The molecule has 3 heterocycles. The van der Waals surface area contributed by atoms with Gasteiger partial charge in [-0.05, 0) is 26.2 Å². The molecule has 0 bridgehead atoms. The van der Waals surface area contributed by atoms with Crippen LogP contribution in [0.5, 0.6) is 0 Å². The minimum Gasteiger partial charge on any atom is -0.370 e. The van der Waals surface area contributed by atoms with Crippen LogP contribution in [0.2, 0.25) is 0 Å². The van der Waals surface area contributed by atoms with Crippen LogP contribution in [0.15, 0.2) is 17.1 Å². The third kappa shape index (κ3) is 4.42. The Kier molecular flexibility index (Phi) is 5.38. The number of hydrogen-bond donors (Lipinski definition) is 2. The van der Waals surface area contributed by atoms with Gasteiger partial charge >= 0.3 is 0 Å². The Bertz CT molecular complexity index is 886. The first kappa shape index (κ1) is 18.8. The largest absolute Gasteiger partial charge is 0.370 e. The number of nitrogen functional groups attached to an aromatic ring is 1. The molecule has 9 heteroatoms. The molecule has 0 aromatic carbocycles. The van der Waals surface area contributed by atoms with E-state index in [0.29, 0.717) is 12.5 Å². The highest BCUT2D eigenvalue weighted by atomic mass is 16.1. The Morgan fingerprint density at radius 1 is 1.33 bits per heavy atom. The highest BCUT2D eigenvalue weighted by Crippen LogP contribution is 2.21. The molecule has 0 spiro atoms. The van der Waals surface area contributed by atoms with Crippen molar-refractivity contribution in [2.24, 2.45) is 13.0 Å². The van der Waals surface area contributed by atoms with Crippen molar-refractivity contribution in [2.45, 2.75) is 26.7 Å². The van der Waals surface area contributed by atoms with Crippen molar-refractivity contribution in [2.75, 3.05) is 30.3 Å². The lowest BCUT2D eigenvalue weighted by molar-refractivity contribution is -0.120. The van der Waals surface area contributed by atoms with Crippen LogP contribution >= 0.6 is 0 Å². The van der Waals surface area contributed by atoms with Gasteiger partial charge in [0.25, 0.3) is 5.56 Å². The lowest BCUT2D eigenvalue weighted by Crippen LogP contribution is -2.32. The maximum Gasteiger partial charge on any atom is 0.268 e. The average Bonchev–Trinajstić information content (AvgIpc) is 3.07. The van der Waals surface area contributed by atoms with E-state index >= 15 is 0 Å². The molecule has 1 saturated heterocycles. The first-order valence-corrected chi connectivity index (χ1v) is 8.98. The minimum atomic E-state index is -0.124. The van der Waals surface area contributed by atoms with Gasteiger partial charge in [-0.1, -0.05) is 0 Å². The number of aryl methyl sites for hydroxylation is 3. The minimum absolute atomic E-state index is 0.0525. The van der Waals surface area contributed by atoms with Crippen LogP contribution in [0, 0.1) is 19.8 Å². The molecule has 3 N–H and O–H groups in total. The van der Waals surface area contributed by atoms with Gasteiger partial charge in [0, 0.05) is 49.7 Å². The van der Waals surface area contributed by atoms with Crippen LogP contribution in [-0.4, -0.2) is 45.3 Å². The van der Waals surface area contributed by atoms with Crippen molar-refractivity contribution >= 4 is 17.5 Å². The molecule has 2 aromatic rings. The predicted molar refractivity (Wildman–Crippen MR) is 102 cm³/mol. The van der Waals surface area contributed by atoms with E-state index in [-0.39, 0.29) is 23.8 Å². The summed E-state index contributed by atoms with van der Waals surface area (Å²) in [6.45, 7) is 5.90. The summed E-state index contributed by atoms with van der Waals surface area (Å²) in [7, 11) is 1.63. The van der Waals surface area contributed by atoms with Gasteiger partial charge in [0.1, 0.15) is 0 Å². The number of nitrogens with one attached hydrogen (secondary N) is 1. The van der Waals surface area contributed by atoms with Gasteiger partial charge in [-0.15, -0.1) is 0 Å². The highest BCUT2D eigenvalue weighted by molar-refractivity contribution is 5.79. The van der Waals surface area contributed by atoms with Gasteiger partial charge in [-0.3, -0.25) is 9.59 Å². The molecule has 1 amide bonds. The number of hydrogen-bond acceptors (Lipinski definition) is 7. The zero-order valence-electron chi connectivity index (χ0n) is 15.9. The van der Waals surface area contributed by atoms with Crippen LogP contribution in [0.25, 0.3) is 0 Å². The maximum absolute atomic E-state index is 12.3. The lowest BCUT2D eigenvalue weighted by atomic mass is 10.1. The molecule has 3 rings (SSSR count). The number of carbonyl (C=O) groups is 1. The van der Waals surface area contributed by atoms with E-state index in [1.165, 1.54) is 4.68 Å². The van der Waals surface area contributed by atoms with Crippen LogP contribution in [0.1, 0.15) is 23.4 Å². The van der Waals surface area contributed by atoms with E-state index in [1.54, 1.807) is 19.3 Å². The molecule has 1 fully saturated rings. The summed E-state index contributed by atoms with van der Waals surface area (Å²) in [6.07, 6.45) is 2.90. The van der Waals surface area contributed by atoms with Gasteiger partial charge in [0.15, 0.2) is 0 Å². The van der Waals surface area contributed by atoms with Crippen molar-refractivity contribution < 1.29 is 4.79 Å². The third-order valence-electron chi connectivity index (χ3n) is 4.97. The lowest BCUT2D eigenvalue weighted by Gasteiger charge is -2.18. The number of amides is 1. The summed E-state index contributed by atoms with van der Waals surface area (Å²) < 4.78 is 1.31. The third-order valence-corrected chi connectivity index (χ3v) is 4.97. The van der Waals surface area contributed by atoms with E-state index in [9.17, 15) is 9.59 Å². The quantitative estimate of drug-likeness (QED) is 0.756. The van der Waals surface area contributed by atoms with Crippen LogP contribution in [-0.2, 0) is 18.3 Å². The zero-order chi connectivity index (χ0) is 19.6. The summed E-state index contributed by atoms with van der Waals surface area (Å²) in [6, 6.07) is 1.60. The number of anilines is 2. The van der Waals surface area contributed by atoms with Crippen molar-refractivity contribution in [1.82, 2.24) is 25.1 Å². The summed E-state index contributed by atoms with van der Waals surface area (Å²) in [4.78, 5) is 34.5. The van der Waals surface area contributed by atoms with E-state index < -0.39 is 0 Å². The summed E-state index contributed by atoms with van der Waals surface area (Å²) in [5.41, 5.74) is 8.63. The van der Waals surface area contributed by atoms with E-state index in [0.717, 1.165) is 42.1 Å². The second-order valence-corrected chi connectivity index (χ2v) is 6.99. The summed E-state index contributed by atoms with van der Waals surface area (Å²) in [5, 5.41) is 7.06. The molecular weight excluding hydrogens is 346 g/mol. The van der Waals surface area contributed by atoms with Gasteiger partial charge in [0.05, 0.1) is 18.3 Å². The van der Waals surface area contributed by atoms with E-state index in [2.05, 4.69) is 25.3 Å². The van der Waals surface area contributed by atoms with Crippen molar-refractivity contribution in [3.8, 4) is 0 Å². The van der Waals surface area contributed by atoms with Crippen LogP contribution in [0.3, 0.4) is 0 Å². The molecule has 27 heavy (non-hydrogen) atoms. The topological polar surface area (TPSA) is 119 Å². The molecule has 1 aliphatic rings. The Hall–Kier alpha value is -2.97. The standard InChI is InChI=1S/C18H25N7O2/c1-11-15(12(2)23-18(19)22-11)7-16(26)20-8-13-4-5-25(10-13)14-6-17(27)24(3)21-9-14/h6,9,13H,4-5,7-8,10H2,1-3H3,(H,20,26)(H2,19,22,23). The second kappa shape index (κ2) is 7.73. The first-order chi connectivity index (χ1) is 12.8. The maximum atomic E-state index is 12.3. The van der Waals surface area contributed by atoms with Crippen LogP contribution in [0.4, 0.5) is 11.6 Å². The number of nitrogens with zero attached hydrogens (tertiary/aromatic N) is 5. The van der Waals surface area contributed by atoms with Crippen molar-refractivity contribution in [3.05, 3.63) is 39.6 Å². The number of aromatic nitrogens is 4. The Morgan fingerprint density at radius 2 is 2.04 bits per heavy atom. The molecular formula is C18H25N7O2. The fourth-order valence-corrected chi connectivity index (χ4v) is 3.37. The number of rotatable bonds is 5. The van der Waals surface area contributed by atoms with Crippen LogP contribution < -0.4 is 21.5 Å². The Balaban J connectivity index is 1.53. The highest BCUT2D eigenvalue weighted by Gasteiger charge is 2.24. The van der Waals surface area contributed by atoms with E-state index in [4.69, 9.17) is 5.73 Å². The Morgan fingerprint density at radius 3 is 2.70 bits per heavy atom. The van der Waals surface area contributed by atoms with Gasteiger partial charge < -0.3 is 16.0 Å². The fraction of sp³-hybridized carbons (Fsp3) is 0.500. The summed E-state index contributed by atoms with van der Waals surface area (Å²) in [5.74, 6) is 0.511. The smallest absolute Gasteiger partial charge is 0.268 e. The SMILES string of the molecule is Cc1nc(N)nc(C)c1CC(=O)NCC1CCN(c2cnn(C)c(=O)c2)C1. The molecule has 0 aliphatic carbocycles. The van der Waals surface area contributed by atoms with E-state index in [1.807, 2.05) is 13.8 Å². The monoisotopic (exact) mass is 371 g/mol. The van der Waals surface area contributed by atoms with Gasteiger partial charge in [0.2, 0.25) is 11.9 Å².